The lowest BCUT2D eigenvalue weighted by atomic mass is 10.0. The van der Waals surface area contributed by atoms with E-state index in [4.69, 9.17) is 11.6 Å². The molecule has 0 aliphatic carbocycles. The number of nitrogens with two attached hydrogens (primary N) is 2. The predicted molar refractivity (Wildman–Crippen MR) is 94.2 cm³/mol. The molecule has 4 N–H and O–H groups in total. The van der Waals surface area contributed by atoms with Crippen LogP contribution in [0.1, 0.15) is 16.7 Å². The molecule has 0 atom stereocenters. The van der Waals surface area contributed by atoms with Crippen molar-refractivity contribution in [3.05, 3.63) is 83.4 Å². The molecule has 0 spiro atoms. The SMILES string of the molecule is N/N=C(/N)c1ccc2cc(/C=C/c3ccccc3)ccc2c1. The first-order valence-electron chi connectivity index (χ1n) is 7.07. The minimum atomic E-state index is 0.343. The van der Waals surface area contributed by atoms with E-state index >= 15 is 0 Å². The Morgan fingerprint density at radius 2 is 1.45 bits per heavy atom. The molecule has 3 aromatic carbocycles. The third kappa shape index (κ3) is 2.99. The Kier molecular flexibility index (Phi) is 3.88. The highest BCUT2D eigenvalue weighted by Crippen LogP contribution is 2.19. The molecule has 0 aromatic heterocycles. The van der Waals surface area contributed by atoms with Crippen LogP contribution in [0.25, 0.3) is 22.9 Å². The highest BCUT2D eigenvalue weighted by Gasteiger charge is 2.00. The van der Waals surface area contributed by atoms with E-state index in [2.05, 4.69) is 47.6 Å². The Morgan fingerprint density at radius 3 is 2.23 bits per heavy atom. The van der Waals surface area contributed by atoms with Gasteiger partial charge in [0.25, 0.3) is 0 Å². The number of fused-ring (bicyclic) bond motifs is 1. The van der Waals surface area contributed by atoms with Crippen LogP contribution in [-0.4, -0.2) is 5.84 Å². The minimum Gasteiger partial charge on any atom is -0.382 e. The maximum Gasteiger partial charge on any atom is 0.150 e. The summed E-state index contributed by atoms with van der Waals surface area (Å²) in [6, 6.07) is 22.5. The van der Waals surface area contributed by atoms with Gasteiger partial charge in [0, 0.05) is 5.56 Å². The molecule has 0 bridgehead atoms. The van der Waals surface area contributed by atoms with Crippen molar-refractivity contribution >= 4 is 28.8 Å². The Labute approximate surface area is 129 Å². The third-order valence-electron chi connectivity index (χ3n) is 3.57. The molecule has 108 valence electrons. The van der Waals surface area contributed by atoms with Crippen molar-refractivity contribution < 1.29 is 0 Å². The largest absolute Gasteiger partial charge is 0.382 e. The minimum absolute atomic E-state index is 0.343. The van der Waals surface area contributed by atoms with E-state index < -0.39 is 0 Å². The molecule has 0 aliphatic heterocycles. The lowest BCUT2D eigenvalue weighted by molar-refractivity contribution is 1.23. The number of nitrogens with zero attached hydrogens (tertiary/aromatic N) is 1. The van der Waals surface area contributed by atoms with Gasteiger partial charge in [-0.1, -0.05) is 66.7 Å². The van der Waals surface area contributed by atoms with Gasteiger partial charge in [-0.3, -0.25) is 0 Å². The molecule has 3 aromatic rings. The smallest absolute Gasteiger partial charge is 0.150 e. The molecule has 0 heterocycles. The standard InChI is InChI=1S/C19H17N3/c20-19(22-21)18-11-10-16-12-15(8-9-17(16)13-18)7-6-14-4-2-1-3-5-14/h1-13H,21H2,(H2,20,22)/b7-6+. The first-order valence-corrected chi connectivity index (χ1v) is 7.07. The summed E-state index contributed by atoms with van der Waals surface area (Å²) in [5.74, 6) is 5.56. The fourth-order valence-electron chi connectivity index (χ4n) is 2.36. The summed E-state index contributed by atoms with van der Waals surface area (Å²) in [7, 11) is 0. The molecule has 0 saturated heterocycles. The van der Waals surface area contributed by atoms with Gasteiger partial charge in [-0.15, -0.1) is 0 Å². The van der Waals surface area contributed by atoms with Crippen molar-refractivity contribution in [3.63, 3.8) is 0 Å². The summed E-state index contributed by atoms with van der Waals surface area (Å²) in [4.78, 5) is 0. The second-order valence-corrected chi connectivity index (χ2v) is 5.08. The van der Waals surface area contributed by atoms with Crippen LogP contribution in [-0.2, 0) is 0 Å². The Balaban J connectivity index is 1.92. The van der Waals surface area contributed by atoms with Crippen molar-refractivity contribution in [1.29, 1.82) is 0 Å². The van der Waals surface area contributed by atoms with Crippen LogP contribution in [0.5, 0.6) is 0 Å². The second kappa shape index (κ2) is 6.14. The zero-order valence-electron chi connectivity index (χ0n) is 12.1. The van der Waals surface area contributed by atoms with Gasteiger partial charge in [-0.05, 0) is 34.0 Å². The van der Waals surface area contributed by atoms with Crippen molar-refractivity contribution in [1.82, 2.24) is 0 Å². The average molecular weight is 287 g/mol. The van der Waals surface area contributed by atoms with Crippen LogP contribution in [0, 0.1) is 0 Å². The molecule has 0 fully saturated rings. The Bertz CT molecular complexity index is 849. The number of benzene rings is 3. The number of amidine groups is 1. The van der Waals surface area contributed by atoms with Gasteiger partial charge >= 0.3 is 0 Å². The Hall–Kier alpha value is -3.07. The topological polar surface area (TPSA) is 64.4 Å². The summed E-state index contributed by atoms with van der Waals surface area (Å²) in [6.07, 6.45) is 4.22. The fraction of sp³-hybridized carbons (Fsp3) is 0. The second-order valence-electron chi connectivity index (χ2n) is 5.08. The molecule has 3 heteroatoms. The monoisotopic (exact) mass is 287 g/mol. The summed E-state index contributed by atoms with van der Waals surface area (Å²) >= 11 is 0. The number of hydrogen-bond donors (Lipinski definition) is 2. The van der Waals surface area contributed by atoms with Crippen LogP contribution in [0.3, 0.4) is 0 Å². The van der Waals surface area contributed by atoms with Gasteiger partial charge < -0.3 is 11.6 Å². The first-order chi connectivity index (χ1) is 10.8. The number of rotatable bonds is 3. The van der Waals surface area contributed by atoms with Gasteiger partial charge in [0.15, 0.2) is 0 Å². The van der Waals surface area contributed by atoms with Crippen molar-refractivity contribution in [2.75, 3.05) is 0 Å². The zero-order chi connectivity index (χ0) is 15.4. The van der Waals surface area contributed by atoms with Crippen LogP contribution < -0.4 is 11.6 Å². The summed E-state index contributed by atoms with van der Waals surface area (Å²) in [6.45, 7) is 0. The van der Waals surface area contributed by atoms with Crippen LogP contribution in [0.15, 0.2) is 71.8 Å². The van der Waals surface area contributed by atoms with Gasteiger partial charge in [0.05, 0.1) is 0 Å². The molecule has 3 rings (SSSR count). The average Bonchev–Trinajstić information content (AvgIpc) is 2.59. The molecule has 0 radical (unpaired) electrons. The lowest BCUT2D eigenvalue weighted by Gasteiger charge is -2.04. The summed E-state index contributed by atoms with van der Waals surface area (Å²) in [5, 5.41) is 5.80. The lowest BCUT2D eigenvalue weighted by Crippen LogP contribution is -2.15. The van der Waals surface area contributed by atoms with Crippen LogP contribution in [0.2, 0.25) is 0 Å². The van der Waals surface area contributed by atoms with Crippen molar-refractivity contribution in [3.8, 4) is 0 Å². The quantitative estimate of drug-likeness (QED) is 0.254. The van der Waals surface area contributed by atoms with Crippen LogP contribution in [0.4, 0.5) is 0 Å². The molecule has 0 amide bonds. The van der Waals surface area contributed by atoms with E-state index in [0.29, 0.717) is 5.84 Å². The zero-order valence-corrected chi connectivity index (χ0v) is 12.1. The van der Waals surface area contributed by atoms with Gasteiger partial charge in [-0.2, -0.15) is 5.10 Å². The molecule has 3 nitrogen and oxygen atoms in total. The molecule has 0 saturated carbocycles. The highest BCUT2D eigenvalue weighted by atomic mass is 15.1. The van der Waals surface area contributed by atoms with E-state index in [-0.39, 0.29) is 0 Å². The number of hydrazone groups is 1. The summed E-state index contributed by atoms with van der Waals surface area (Å²) in [5.41, 5.74) is 8.92. The number of hydrogen-bond acceptors (Lipinski definition) is 2. The van der Waals surface area contributed by atoms with Gasteiger partial charge in [-0.25, -0.2) is 0 Å². The fourth-order valence-corrected chi connectivity index (χ4v) is 2.36. The van der Waals surface area contributed by atoms with Crippen molar-refractivity contribution in [2.24, 2.45) is 16.7 Å². The maximum atomic E-state index is 5.74. The van der Waals surface area contributed by atoms with Gasteiger partial charge in [0.1, 0.15) is 5.84 Å². The van der Waals surface area contributed by atoms with E-state index in [1.54, 1.807) is 0 Å². The predicted octanol–water partition coefficient (Wildman–Crippen LogP) is 3.59. The summed E-state index contributed by atoms with van der Waals surface area (Å²) < 4.78 is 0. The van der Waals surface area contributed by atoms with E-state index in [0.717, 1.165) is 21.9 Å². The van der Waals surface area contributed by atoms with E-state index in [1.165, 1.54) is 5.56 Å². The molecular formula is C19H17N3. The van der Waals surface area contributed by atoms with Crippen LogP contribution >= 0.6 is 0 Å². The van der Waals surface area contributed by atoms with Crippen molar-refractivity contribution in [2.45, 2.75) is 0 Å². The van der Waals surface area contributed by atoms with Gasteiger partial charge in [0.2, 0.25) is 0 Å². The third-order valence-corrected chi connectivity index (χ3v) is 3.57. The molecule has 0 unspecified atom stereocenters. The Morgan fingerprint density at radius 1 is 0.773 bits per heavy atom. The van der Waals surface area contributed by atoms with E-state index in [9.17, 15) is 0 Å². The highest BCUT2D eigenvalue weighted by molar-refractivity contribution is 6.01. The molecule has 22 heavy (non-hydrogen) atoms. The maximum absolute atomic E-state index is 5.74. The van der Waals surface area contributed by atoms with E-state index in [1.807, 2.05) is 36.4 Å². The first kappa shape index (κ1) is 13.9. The molecular weight excluding hydrogens is 270 g/mol. The normalized spacial score (nSPS) is 12.1. The molecule has 0 aliphatic rings.